The minimum absolute atomic E-state index is 0.0655. The van der Waals surface area contributed by atoms with E-state index >= 15 is 0 Å². The van der Waals surface area contributed by atoms with Gasteiger partial charge in [0, 0.05) is 25.2 Å². The molecule has 4 nitrogen and oxygen atoms in total. The molecule has 12 heavy (non-hydrogen) atoms. The predicted molar refractivity (Wildman–Crippen MR) is 48.9 cm³/mol. The Labute approximate surface area is 74.0 Å². The van der Waals surface area contributed by atoms with E-state index in [1.54, 1.807) is 0 Å². The maximum Gasteiger partial charge on any atom is 0.0584 e. The molecule has 0 aliphatic carbocycles. The van der Waals surface area contributed by atoms with Crippen molar-refractivity contribution in [3.63, 3.8) is 0 Å². The summed E-state index contributed by atoms with van der Waals surface area (Å²) in [6.45, 7) is 5.30. The maximum absolute atomic E-state index is 8.91. The Kier molecular flexibility index (Phi) is 6.28. The van der Waals surface area contributed by atoms with E-state index in [1.165, 1.54) is 0 Å². The van der Waals surface area contributed by atoms with Crippen molar-refractivity contribution >= 4 is 0 Å². The van der Waals surface area contributed by atoms with Gasteiger partial charge in [-0.05, 0) is 13.8 Å². The van der Waals surface area contributed by atoms with Gasteiger partial charge in [-0.15, -0.1) is 0 Å². The molecule has 2 unspecified atom stereocenters. The Morgan fingerprint density at radius 2 is 1.58 bits per heavy atom. The zero-order valence-corrected chi connectivity index (χ0v) is 7.90. The maximum atomic E-state index is 8.91. The van der Waals surface area contributed by atoms with Crippen LogP contribution in [0.3, 0.4) is 0 Å². The molecule has 0 saturated heterocycles. The lowest BCUT2D eigenvalue weighted by molar-refractivity contribution is 0.0708. The lowest BCUT2D eigenvalue weighted by Crippen LogP contribution is -2.46. The van der Waals surface area contributed by atoms with E-state index in [1.807, 2.05) is 18.7 Å². The molecule has 0 aromatic carbocycles. The Morgan fingerprint density at radius 1 is 1.17 bits per heavy atom. The second-order valence-electron chi connectivity index (χ2n) is 3.09. The molecule has 0 radical (unpaired) electrons. The van der Waals surface area contributed by atoms with Crippen LogP contribution in [-0.4, -0.2) is 53.5 Å². The van der Waals surface area contributed by atoms with Crippen molar-refractivity contribution in [2.75, 3.05) is 26.3 Å². The summed E-state index contributed by atoms with van der Waals surface area (Å²) in [6, 6.07) is 0.131. The number of nitrogens with two attached hydrogens (primary N) is 1. The van der Waals surface area contributed by atoms with E-state index in [-0.39, 0.29) is 25.3 Å². The second kappa shape index (κ2) is 6.37. The lowest BCUT2D eigenvalue weighted by atomic mass is 10.2. The molecule has 2 atom stereocenters. The summed E-state index contributed by atoms with van der Waals surface area (Å²) >= 11 is 0. The van der Waals surface area contributed by atoms with Crippen LogP contribution < -0.4 is 5.73 Å². The number of aliphatic hydroxyl groups excluding tert-OH is 2. The Balaban J connectivity index is 4.01. The molecule has 0 aromatic rings. The van der Waals surface area contributed by atoms with Crippen molar-refractivity contribution in [3.05, 3.63) is 0 Å². The highest BCUT2D eigenvalue weighted by Crippen LogP contribution is 2.03. The van der Waals surface area contributed by atoms with E-state index < -0.39 is 0 Å². The molecule has 0 heterocycles. The molecular weight excluding hydrogens is 156 g/mol. The van der Waals surface area contributed by atoms with Crippen LogP contribution in [0.5, 0.6) is 0 Å². The third-order valence-electron chi connectivity index (χ3n) is 2.05. The standard InChI is InChI=1S/C8H20N2O2/c1-7(5-11)10(4-3-9)8(2)6-12/h7-8,11-12H,3-6,9H2,1-2H3. The fourth-order valence-corrected chi connectivity index (χ4v) is 1.23. The molecule has 0 rings (SSSR count). The molecular formula is C8H20N2O2. The van der Waals surface area contributed by atoms with Gasteiger partial charge in [0.15, 0.2) is 0 Å². The molecule has 0 fully saturated rings. The van der Waals surface area contributed by atoms with Crippen LogP contribution in [0.1, 0.15) is 13.8 Å². The molecule has 0 aliphatic heterocycles. The second-order valence-corrected chi connectivity index (χ2v) is 3.09. The zero-order chi connectivity index (χ0) is 9.56. The molecule has 0 spiro atoms. The van der Waals surface area contributed by atoms with Crippen LogP contribution in [0.2, 0.25) is 0 Å². The largest absolute Gasteiger partial charge is 0.395 e. The van der Waals surface area contributed by atoms with Gasteiger partial charge in [-0.2, -0.15) is 0 Å². The predicted octanol–water partition coefficient (Wildman–Crippen LogP) is -0.991. The van der Waals surface area contributed by atoms with Gasteiger partial charge in [0.05, 0.1) is 13.2 Å². The van der Waals surface area contributed by atoms with Crippen LogP contribution >= 0.6 is 0 Å². The molecule has 0 saturated carbocycles. The summed E-state index contributed by atoms with van der Waals surface area (Å²) in [5.41, 5.74) is 5.41. The van der Waals surface area contributed by atoms with Gasteiger partial charge < -0.3 is 15.9 Å². The monoisotopic (exact) mass is 176 g/mol. The van der Waals surface area contributed by atoms with Crippen LogP contribution in [-0.2, 0) is 0 Å². The van der Waals surface area contributed by atoms with Crippen LogP contribution in [0.25, 0.3) is 0 Å². The molecule has 4 heteroatoms. The lowest BCUT2D eigenvalue weighted by Gasteiger charge is -2.32. The van der Waals surface area contributed by atoms with Crippen LogP contribution in [0, 0.1) is 0 Å². The minimum Gasteiger partial charge on any atom is -0.395 e. The minimum atomic E-state index is 0.0655. The molecule has 74 valence electrons. The summed E-state index contributed by atoms with van der Waals surface area (Å²) in [7, 11) is 0. The topological polar surface area (TPSA) is 69.7 Å². The highest BCUT2D eigenvalue weighted by atomic mass is 16.3. The molecule has 0 aliphatic rings. The van der Waals surface area contributed by atoms with E-state index in [4.69, 9.17) is 15.9 Å². The van der Waals surface area contributed by atoms with Gasteiger partial charge in [-0.25, -0.2) is 0 Å². The SMILES string of the molecule is CC(CO)N(CCN)C(C)CO. The normalized spacial score (nSPS) is 16.5. The third-order valence-corrected chi connectivity index (χ3v) is 2.05. The number of aliphatic hydroxyl groups is 2. The smallest absolute Gasteiger partial charge is 0.0584 e. The first-order chi connectivity index (χ1) is 5.67. The van der Waals surface area contributed by atoms with Gasteiger partial charge in [0.25, 0.3) is 0 Å². The van der Waals surface area contributed by atoms with E-state index in [9.17, 15) is 0 Å². The van der Waals surface area contributed by atoms with Gasteiger partial charge in [-0.1, -0.05) is 0 Å². The van der Waals surface area contributed by atoms with E-state index in [2.05, 4.69) is 0 Å². The van der Waals surface area contributed by atoms with Crippen molar-refractivity contribution < 1.29 is 10.2 Å². The summed E-state index contributed by atoms with van der Waals surface area (Å²) in [4.78, 5) is 2.00. The number of rotatable bonds is 6. The number of hydrogen-bond acceptors (Lipinski definition) is 4. The Bertz CT molecular complexity index is 101. The summed E-state index contributed by atoms with van der Waals surface area (Å²) in [6.07, 6.45) is 0. The van der Waals surface area contributed by atoms with Gasteiger partial charge in [0.2, 0.25) is 0 Å². The highest BCUT2D eigenvalue weighted by molar-refractivity contribution is 4.72. The van der Waals surface area contributed by atoms with Crippen molar-refractivity contribution in [1.82, 2.24) is 4.90 Å². The van der Waals surface area contributed by atoms with Crippen LogP contribution in [0.15, 0.2) is 0 Å². The van der Waals surface area contributed by atoms with Crippen molar-refractivity contribution in [2.45, 2.75) is 25.9 Å². The van der Waals surface area contributed by atoms with Gasteiger partial charge >= 0.3 is 0 Å². The first-order valence-corrected chi connectivity index (χ1v) is 4.34. The fourth-order valence-electron chi connectivity index (χ4n) is 1.23. The zero-order valence-electron chi connectivity index (χ0n) is 7.90. The first-order valence-electron chi connectivity index (χ1n) is 4.34. The quantitative estimate of drug-likeness (QED) is 0.486. The molecule has 0 bridgehead atoms. The van der Waals surface area contributed by atoms with Crippen molar-refractivity contribution in [3.8, 4) is 0 Å². The van der Waals surface area contributed by atoms with Crippen molar-refractivity contribution in [2.24, 2.45) is 5.73 Å². The molecule has 4 N–H and O–H groups in total. The Hall–Kier alpha value is -0.160. The summed E-state index contributed by atoms with van der Waals surface area (Å²) < 4.78 is 0. The van der Waals surface area contributed by atoms with E-state index in [0.717, 1.165) is 0 Å². The average Bonchev–Trinajstić information content (AvgIpc) is 2.11. The van der Waals surface area contributed by atoms with Gasteiger partial charge in [0.1, 0.15) is 0 Å². The average molecular weight is 176 g/mol. The first kappa shape index (κ1) is 11.8. The number of nitrogens with zero attached hydrogens (tertiary/aromatic N) is 1. The summed E-state index contributed by atoms with van der Waals surface area (Å²) in [5.74, 6) is 0. The fraction of sp³-hybridized carbons (Fsp3) is 1.00. The number of hydrogen-bond donors (Lipinski definition) is 3. The van der Waals surface area contributed by atoms with Gasteiger partial charge in [-0.3, -0.25) is 4.90 Å². The van der Waals surface area contributed by atoms with Crippen molar-refractivity contribution in [1.29, 1.82) is 0 Å². The van der Waals surface area contributed by atoms with E-state index in [0.29, 0.717) is 13.1 Å². The highest BCUT2D eigenvalue weighted by Gasteiger charge is 2.17. The third kappa shape index (κ3) is 3.49. The summed E-state index contributed by atoms with van der Waals surface area (Å²) in [5, 5.41) is 17.8. The Morgan fingerprint density at radius 3 is 1.83 bits per heavy atom. The van der Waals surface area contributed by atoms with Crippen LogP contribution in [0.4, 0.5) is 0 Å². The molecule has 0 aromatic heterocycles. The molecule has 0 amide bonds.